The van der Waals surface area contributed by atoms with Gasteiger partial charge in [0.2, 0.25) is 5.91 Å². The normalized spacial score (nSPS) is 17.6. The van der Waals surface area contributed by atoms with Crippen LogP contribution in [0.4, 0.5) is 0 Å². The van der Waals surface area contributed by atoms with Gasteiger partial charge in [-0.25, -0.2) is 0 Å². The first-order chi connectivity index (χ1) is 10.6. The number of nitrogens with one attached hydrogen (secondary N) is 1. The van der Waals surface area contributed by atoms with Crippen molar-refractivity contribution in [2.24, 2.45) is 5.92 Å². The van der Waals surface area contributed by atoms with Gasteiger partial charge in [0, 0.05) is 32.1 Å². The fraction of sp³-hybridized carbons (Fsp3) is 0.706. The molecule has 2 rings (SSSR count). The maximum absolute atomic E-state index is 12.1. The van der Waals surface area contributed by atoms with Crippen LogP contribution in [0.2, 0.25) is 0 Å². The predicted molar refractivity (Wildman–Crippen MR) is 91.3 cm³/mol. The Labute approximate surface area is 137 Å². The zero-order chi connectivity index (χ0) is 15.8. The molecule has 4 nitrogen and oxygen atoms in total. The molecule has 0 aromatic carbocycles. The number of ether oxygens (including phenoxy) is 1. The molecule has 124 valence electrons. The number of hydrogen-bond acceptors (Lipinski definition) is 4. The number of carbonyl (C=O) groups excluding carboxylic acids is 1. The summed E-state index contributed by atoms with van der Waals surface area (Å²) in [6.07, 6.45) is 2.53. The second-order valence-corrected chi connectivity index (χ2v) is 7.15. The van der Waals surface area contributed by atoms with Gasteiger partial charge in [-0.05, 0) is 41.1 Å². The number of aryl methyl sites for hydroxylation is 1. The van der Waals surface area contributed by atoms with Gasteiger partial charge in [0.25, 0.3) is 0 Å². The minimum absolute atomic E-state index is 0.160. The smallest absolute Gasteiger partial charge is 0.220 e. The maximum atomic E-state index is 12.1. The van der Waals surface area contributed by atoms with Gasteiger partial charge in [-0.3, -0.25) is 9.69 Å². The number of thiophene rings is 1. The van der Waals surface area contributed by atoms with Crippen LogP contribution in [0, 0.1) is 5.92 Å². The molecular formula is C17H28N2O2S. The molecule has 1 aliphatic rings. The summed E-state index contributed by atoms with van der Waals surface area (Å²) in [6.45, 7) is 8.80. The third-order valence-electron chi connectivity index (χ3n) is 4.06. The quantitative estimate of drug-likeness (QED) is 0.799. The van der Waals surface area contributed by atoms with Crippen LogP contribution in [0.1, 0.15) is 32.3 Å². The van der Waals surface area contributed by atoms with Crippen LogP contribution in [-0.2, 0) is 16.0 Å². The maximum Gasteiger partial charge on any atom is 0.220 e. The monoisotopic (exact) mass is 324 g/mol. The van der Waals surface area contributed by atoms with E-state index in [9.17, 15) is 4.79 Å². The summed E-state index contributed by atoms with van der Waals surface area (Å²) >= 11 is 1.68. The standard InChI is InChI=1S/C17H28N2O2S/c1-14(2)11-16(19-6-8-21-9-7-19)12-18-17(20)4-3-15-5-10-22-13-15/h5,10,13-14,16H,3-4,6-9,11-12H2,1-2H3,(H,18,20). The van der Waals surface area contributed by atoms with E-state index in [1.807, 2.05) is 0 Å². The van der Waals surface area contributed by atoms with Crippen molar-refractivity contribution in [3.05, 3.63) is 22.4 Å². The van der Waals surface area contributed by atoms with Gasteiger partial charge < -0.3 is 10.1 Å². The minimum Gasteiger partial charge on any atom is -0.379 e. The van der Waals surface area contributed by atoms with Crippen LogP contribution >= 0.6 is 11.3 Å². The first-order valence-corrected chi connectivity index (χ1v) is 9.19. The number of hydrogen-bond donors (Lipinski definition) is 1. The van der Waals surface area contributed by atoms with E-state index < -0.39 is 0 Å². The first kappa shape index (κ1) is 17.4. The second-order valence-electron chi connectivity index (χ2n) is 6.37. The van der Waals surface area contributed by atoms with Crippen molar-refractivity contribution in [1.29, 1.82) is 0 Å². The molecule has 1 atom stereocenters. The highest BCUT2D eigenvalue weighted by molar-refractivity contribution is 7.07. The van der Waals surface area contributed by atoms with E-state index in [4.69, 9.17) is 4.74 Å². The number of nitrogens with zero attached hydrogens (tertiary/aromatic N) is 1. The Morgan fingerprint density at radius 2 is 2.18 bits per heavy atom. The molecule has 1 N–H and O–H groups in total. The zero-order valence-corrected chi connectivity index (χ0v) is 14.5. The third-order valence-corrected chi connectivity index (χ3v) is 4.79. The van der Waals surface area contributed by atoms with Crippen molar-refractivity contribution >= 4 is 17.2 Å². The molecule has 0 saturated carbocycles. The van der Waals surface area contributed by atoms with Crippen molar-refractivity contribution in [2.75, 3.05) is 32.8 Å². The largest absolute Gasteiger partial charge is 0.379 e. The van der Waals surface area contributed by atoms with E-state index in [-0.39, 0.29) is 5.91 Å². The summed E-state index contributed by atoms with van der Waals surface area (Å²) < 4.78 is 5.43. The summed E-state index contributed by atoms with van der Waals surface area (Å²) in [5, 5.41) is 7.30. The summed E-state index contributed by atoms with van der Waals surface area (Å²) in [7, 11) is 0. The van der Waals surface area contributed by atoms with Crippen molar-refractivity contribution in [3.63, 3.8) is 0 Å². The molecule has 1 aromatic rings. The molecule has 2 heterocycles. The van der Waals surface area contributed by atoms with Crippen LogP contribution in [-0.4, -0.2) is 49.7 Å². The third kappa shape index (κ3) is 6.07. The first-order valence-electron chi connectivity index (χ1n) is 8.24. The van der Waals surface area contributed by atoms with Gasteiger partial charge in [0.15, 0.2) is 0 Å². The number of amides is 1. The molecule has 1 fully saturated rings. The zero-order valence-electron chi connectivity index (χ0n) is 13.7. The highest BCUT2D eigenvalue weighted by Gasteiger charge is 2.22. The summed E-state index contributed by atoms with van der Waals surface area (Å²) in [5.74, 6) is 0.795. The van der Waals surface area contributed by atoms with E-state index in [0.29, 0.717) is 18.4 Å². The summed E-state index contributed by atoms with van der Waals surface area (Å²) in [5.41, 5.74) is 1.26. The highest BCUT2D eigenvalue weighted by atomic mass is 32.1. The fourth-order valence-electron chi connectivity index (χ4n) is 2.86. The average molecular weight is 324 g/mol. The number of morpholine rings is 1. The highest BCUT2D eigenvalue weighted by Crippen LogP contribution is 2.13. The molecule has 5 heteroatoms. The second kappa shape index (κ2) is 9.28. The molecule has 0 radical (unpaired) electrons. The molecule has 1 aliphatic heterocycles. The molecule has 1 amide bonds. The lowest BCUT2D eigenvalue weighted by Crippen LogP contribution is -2.49. The molecule has 22 heavy (non-hydrogen) atoms. The van der Waals surface area contributed by atoms with Gasteiger partial charge in [-0.1, -0.05) is 13.8 Å². The van der Waals surface area contributed by atoms with E-state index >= 15 is 0 Å². The predicted octanol–water partition coefficient (Wildman–Crippen LogP) is 2.54. The molecule has 0 bridgehead atoms. The van der Waals surface area contributed by atoms with E-state index in [0.717, 1.165) is 45.7 Å². The Kier molecular flexibility index (Phi) is 7.36. The van der Waals surface area contributed by atoms with Crippen molar-refractivity contribution < 1.29 is 9.53 Å². The van der Waals surface area contributed by atoms with Gasteiger partial charge in [0.1, 0.15) is 0 Å². The minimum atomic E-state index is 0.160. The van der Waals surface area contributed by atoms with Gasteiger partial charge in [-0.15, -0.1) is 0 Å². The Bertz CT molecular complexity index is 428. The van der Waals surface area contributed by atoms with Crippen molar-refractivity contribution in [1.82, 2.24) is 10.2 Å². The van der Waals surface area contributed by atoms with E-state index in [1.165, 1.54) is 5.56 Å². The van der Waals surface area contributed by atoms with Crippen LogP contribution in [0.25, 0.3) is 0 Å². The fourth-order valence-corrected chi connectivity index (χ4v) is 3.56. The van der Waals surface area contributed by atoms with Gasteiger partial charge in [0.05, 0.1) is 13.2 Å². The summed E-state index contributed by atoms with van der Waals surface area (Å²) in [6, 6.07) is 2.52. The van der Waals surface area contributed by atoms with Crippen LogP contribution in [0.15, 0.2) is 16.8 Å². The summed E-state index contributed by atoms with van der Waals surface area (Å²) in [4.78, 5) is 14.5. The molecule has 1 aromatic heterocycles. The van der Waals surface area contributed by atoms with E-state index in [1.54, 1.807) is 11.3 Å². The average Bonchev–Trinajstić information content (AvgIpc) is 3.03. The molecule has 0 spiro atoms. The molecule has 1 unspecified atom stereocenters. The van der Waals surface area contributed by atoms with Crippen LogP contribution in [0.3, 0.4) is 0 Å². The van der Waals surface area contributed by atoms with Crippen LogP contribution in [0.5, 0.6) is 0 Å². The molecule has 1 saturated heterocycles. The lowest BCUT2D eigenvalue weighted by Gasteiger charge is -2.35. The van der Waals surface area contributed by atoms with Crippen LogP contribution < -0.4 is 5.32 Å². The number of rotatable bonds is 8. The topological polar surface area (TPSA) is 41.6 Å². The van der Waals surface area contributed by atoms with Crippen molar-refractivity contribution in [2.45, 2.75) is 39.2 Å². The Balaban J connectivity index is 1.75. The lowest BCUT2D eigenvalue weighted by molar-refractivity contribution is -0.121. The van der Waals surface area contributed by atoms with Crippen molar-refractivity contribution in [3.8, 4) is 0 Å². The van der Waals surface area contributed by atoms with Gasteiger partial charge >= 0.3 is 0 Å². The Hall–Kier alpha value is -0.910. The lowest BCUT2D eigenvalue weighted by atomic mass is 10.0. The number of carbonyl (C=O) groups is 1. The Morgan fingerprint density at radius 1 is 1.41 bits per heavy atom. The molecule has 0 aliphatic carbocycles. The van der Waals surface area contributed by atoms with E-state index in [2.05, 4.69) is 40.9 Å². The Morgan fingerprint density at radius 3 is 2.82 bits per heavy atom. The molecular weight excluding hydrogens is 296 g/mol. The van der Waals surface area contributed by atoms with Gasteiger partial charge in [-0.2, -0.15) is 11.3 Å². The SMILES string of the molecule is CC(C)CC(CNC(=O)CCc1ccsc1)N1CCOCC1.